The van der Waals surface area contributed by atoms with Crippen LogP contribution in [0.15, 0.2) is 17.2 Å². The molecule has 1 aromatic rings. The fraction of sp³-hybridized carbons (Fsp3) is 0.385. The average molecular weight is 463 g/mol. The molecule has 0 unspecified atom stereocenters. The lowest BCUT2D eigenvalue weighted by atomic mass is 10.1. The molecule has 1 amide bonds. The van der Waals surface area contributed by atoms with Gasteiger partial charge in [0.15, 0.2) is 5.75 Å². The van der Waals surface area contributed by atoms with Crippen LogP contribution in [0.1, 0.15) is 17.3 Å². The first-order valence-corrected chi connectivity index (χ1v) is 9.72. The Labute approximate surface area is 167 Å². The molecule has 1 aliphatic rings. The smallest absolute Gasteiger partial charge is 0.426 e. The molecule has 162 valence electrons. The molecular formula is C13H15ClF4N6O4S. The Balaban J connectivity index is 2.46. The summed E-state index contributed by atoms with van der Waals surface area (Å²) >= 11 is 6.02. The fourth-order valence-electron chi connectivity index (χ4n) is 1.89. The average Bonchev–Trinajstić information content (AvgIpc) is 3.02. The molecule has 0 fully saturated rings. The Hall–Kier alpha value is -2.52. The summed E-state index contributed by atoms with van der Waals surface area (Å²) in [6.45, 7) is 1.23. The number of ether oxygens (including phenoxy) is 1. The molecule has 16 heteroatoms. The first-order valence-electron chi connectivity index (χ1n) is 7.69. The van der Waals surface area contributed by atoms with Gasteiger partial charge in [0.2, 0.25) is 16.0 Å². The summed E-state index contributed by atoms with van der Waals surface area (Å²) in [5.41, 5.74) is 3.68. The van der Waals surface area contributed by atoms with Gasteiger partial charge in [-0.25, -0.2) is 14.0 Å². The number of nitrogens with one attached hydrogen (secondary N) is 4. The maximum absolute atomic E-state index is 13.3. The molecule has 1 heterocycles. The van der Waals surface area contributed by atoms with Gasteiger partial charge in [0.25, 0.3) is 5.91 Å². The maximum atomic E-state index is 13.3. The van der Waals surface area contributed by atoms with E-state index in [9.17, 15) is 30.8 Å². The van der Waals surface area contributed by atoms with E-state index >= 15 is 0 Å². The second-order valence-corrected chi connectivity index (χ2v) is 7.83. The van der Waals surface area contributed by atoms with Gasteiger partial charge < -0.3 is 4.74 Å². The van der Waals surface area contributed by atoms with E-state index in [0.29, 0.717) is 6.07 Å². The summed E-state index contributed by atoms with van der Waals surface area (Å²) in [5.74, 6) is -2.38. The molecule has 29 heavy (non-hydrogen) atoms. The number of guanidine groups is 1. The number of sulfonamides is 1. The highest BCUT2D eigenvalue weighted by molar-refractivity contribution is 7.92. The molecule has 0 radical (unpaired) electrons. The maximum Gasteiger partial charge on any atom is 0.461 e. The van der Waals surface area contributed by atoms with Gasteiger partial charge in [-0.1, -0.05) is 11.6 Å². The zero-order valence-electron chi connectivity index (χ0n) is 14.8. The van der Waals surface area contributed by atoms with Crippen molar-refractivity contribution in [2.45, 2.75) is 19.5 Å². The summed E-state index contributed by atoms with van der Waals surface area (Å²) in [5, 5.41) is 6.62. The van der Waals surface area contributed by atoms with Crippen molar-refractivity contribution in [3.8, 4) is 5.75 Å². The monoisotopic (exact) mass is 462 g/mol. The van der Waals surface area contributed by atoms with Crippen LogP contribution in [-0.4, -0.2) is 50.6 Å². The van der Waals surface area contributed by atoms with Gasteiger partial charge in [-0.15, -0.1) is 10.6 Å². The normalized spacial score (nSPS) is 14.5. The minimum atomic E-state index is -4.93. The number of amides is 1. The molecule has 0 atom stereocenters. The molecule has 1 aromatic carbocycles. The number of rotatable bonds is 7. The molecule has 0 saturated heterocycles. The van der Waals surface area contributed by atoms with Gasteiger partial charge in [-0.3, -0.25) is 19.8 Å². The fourth-order valence-corrected chi connectivity index (χ4v) is 2.90. The van der Waals surface area contributed by atoms with Crippen molar-refractivity contribution in [3.05, 3.63) is 22.7 Å². The molecule has 10 nitrogen and oxygen atoms in total. The van der Waals surface area contributed by atoms with Crippen LogP contribution < -0.4 is 25.8 Å². The van der Waals surface area contributed by atoms with Crippen LogP contribution >= 0.6 is 11.6 Å². The van der Waals surface area contributed by atoms with Crippen molar-refractivity contribution >= 4 is 39.2 Å². The van der Waals surface area contributed by atoms with Gasteiger partial charge in [-0.2, -0.15) is 17.6 Å². The number of alkyl halides is 4. The predicted octanol–water partition coefficient (Wildman–Crippen LogP) is 1.29. The van der Waals surface area contributed by atoms with Crippen molar-refractivity contribution in [3.63, 3.8) is 0 Å². The first kappa shape index (κ1) is 22.8. The van der Waals surface area contributed by atoms with Gasteiger partial charge >= 0.3 is 12.5 Å². The van der Waals surface area contributed by atoms with Crippen LogP contribution in [-0.2, 0) is 10.0 Å². The third-order valence-electron chi connectivity index (χ3n) is 3.41. The van der Waals surface area contributed by atoms with Crippen LogP contribution in [0.2, 0.25) is 5.02 Å². The first-order chi connectivity index (χ1) is 13.4. The van der Waals surface area contributed by atoms with Crippen LogP contribution in [0.25, 0.3) is 0 Å². The van der Waals surface area contributed by atoms with Crippen molar-refractivity contribution in [1.82, 2.24) is 21.4 Å². The molecule has 1 aliphatic heterocycles. The topological polar surface area (TPSA) is 124 Å². The van der Waals surface area contributed by atoms with Crippen molar-refractivity contribution in [1.29, 1.82) is 0 Å². The summed E-state index contributed by atoms with van der Waals surface area (Å²) in [7, 11) is -2.61. The van der Waals surface area contributed by atoms with E-state index < -0.39 is 50.7 Å². The lowest BCUT2D eigenvalue weighted by Gasteiger charge is -2.21. The quantitative estimate of drug-likeness (QED) is 0.450. The Morgan fingerprint density at radius 3 is 2.59 bits per heavy atom. The number of benzene rings is 1. The number of carbonyl (C=O) groups is 1. The van der Waals surface area contributed by atoms with E-state index in [1.165, 1.54) is 19.0 Å². The van der Waals surface area contributed by atoms with E-state index in [1.807, 2.05) is 4.72 Å². The Bertz CT molecular complexity index is 930. The van der Waals surface area contributed by atoms with Crippen LogP contribution in [0.5, 0.6) is 5.75 Å². The molecule has 0 aromatic heterocycles. The molecule has 4 N–H and O–H groups in total. The largest absolute Gasteiger partial charge is 0.461 e. The molecule has 0 aliphatic carbocycles. The molecule has 2 rings (SSSR count). The number of hydrogen-bond donors (Lipinski definition) is 4. The van der Waals surface area contributed by atoms with Gasteiger partial charge in [0, 0.05) is 7.05 Å². The molecule has 0 spiro atoms. The van der Waals surface area contributed by atoms with Gasteiger partial charge in [-0.05, 0) is 19.1 Å². The number of hydrogen-bond acceptors (Lipinski definition) is 8. The minimum absolute atomic E-state index is 0.00585. The number of anilines is 1. The summed E-state index contributed by atoms with van der Waals surface area (Å²) in [6, 6.07) is 1.61. The predicted molar refractivity (Wildman–Crippen MR) is 95.1 cm³/mol. The molecule has 0 bridgehead atoms. The lowest BCUT2D eigenvalue weighted by Crippen LogP contribution is -2.45. The van der Waals surface area contributed by atoms with E-state index in [-0.39, 0.29) is 11.5 Å². The Morgan fingerprint density at radius 2 is 2.07 bits per heavy atom. The molecular weight excluding hydrogens is 448 g/mol. The van der Waals surface area contributed by atoms with E-state index in [1.54, 1.807) is 0 Å². The van der Waals surface area contributed by atoms with Gasteiger partial charge in [0.1, 0.15) is 5.69 Å². The SMILES string of the molecule is CCS(=O)(=O)Nc1c(OC(F)(F)C(F)F)ccc(C(=O)NC2=NNNN2C)c1Cl. The van der Waals surface area contributed by atoms with Crippen molar-refractivity contribution in [2.75, 3.05) is 17.5 Å². The van der Waals surface area contributed by atoms with E-state index in [4.69, 9.17) is 11.6 Å². The number of nitrogens with zero attached hydrogens (tertiary/aromatic N) is 2. The van der Waals surface area contributed by atoms with Crippen molar-refractivity contribution in [2.24, 2.45) is 5.10 Å². The van der Waals surface area contributed by atoms with E-state index in [2.05, 4.69) is 26.2 Å². The lowest BCUT2D eigenvalue weighted by molar-refractivity contribution is -0.252. The highest BCUT2D eigenvalue weighted by Crippen LogP contribution is 2.39. The summed E-state index contributed by atoms with van der Waals surface area (Å²) < 4.78 is 81.2. The second kappa shape index (κ2) is 8.46. The highest BCUT2D eigenvalue weighted by Gasteiger charge is 2.45. The third-order valence-corrected chi connectivity index (χ3v) is 5.08. The minimum Gasteiger partial charge on any atom is -0.426 e. The number of hydrazine groups is 2. The number of carbonyl (C=O) groups excluding carboxylic acids is 1. The van der Waals surface area contributed by atoms with Crippen LogP contribution in [0.3, 0.4) is 0 Å². The van der Waals surface area contributed by atoms with Crippen LogP contribution in [0.4, 0.5) is 23.2 Å². The van der Waals surface area contributed by atoms with Crippen molar-refractivity contribution < 1.29 is 35.5 Å². The molecule has 0 saturated carbocycles. The summed E-state index contributed by atoms with van der Waals surface area (Å²) in [6.07, 6.45) is -9.13. The number of hydrazone groups is 1. The Morgan fingerprint density at radius 1 is 1.41 bits per heavy atom. The Kier molecular flexibility index (Phi) is 6.64. The van der Waals surface area contributed by atoms with Crippen LogP contribution in [0, 0.1) is 0 Å². The zero-order valence-corrected chi connectivity index (χ0v) is 16.3. The highest BCUT2D eigenvalue weighted by atomic mass is 35.5. The second-order valence-electron chi connectivity index (χ2n) is 5.44. The van der Waals surface area contributed by atoms with E-state index in [0.717, 1.165) is 6.07 Å². The third kappa shape index (κ3) is 5.30. The van der Waals surface area contributed by atoms with Gasteiger partial charge in [0.05, 0.1) is 16.3 Å². The zero-order chi connectivity index (χ0) is 22.0. The standard InChI is InChI=1S/C13H15ClF4N6O4S/c1-3-29(26,27)21-9-7(28-13(17,18)11(15)16)5-4-6(8(9)14)10(25)19-12-20-22-23-24(12)2/h4-5,11,21-23H,3H2,1-2H3,(H,19,20,25). The summed E-state index contributed by atoms with van der Waals surface area (Å²) in [4.78, 5) is 12.4. The number of halogens is 5.